The van der Waals surface area contributed by atoms with Crippen LogP contribution in [0.1, 0.15) is 12.5 Å². The number of hydrogen-bond donors (Lipinski definition) is 0. The third-order valence-electron chi connectivity index (χ3n) is 3.10. The van der Waals surface area contributed by atoms with Crippen LogP contribution in [0.4, 0.5) is 0 Å². The van der Waals surface area contributed by atoms with Gasteiger partial charge in [0.15, 0.2) is 0 Å². The zero-order valence-corrected chi connectivity index (χ0v) is 9.06. The van der Waals surface area contributed by atoms with E-state index in [9.17, 15) is 0 Å². The van der Waals surface area contributed by atoms with E-state index in [4.69, 9.17) is 5.26 Å². The second-order valence-corrected chi connectivity index (χ2v) is 4.39. The molecule has 0 bridgehead atoms. The summed E-state index contributed by atoms with van der Waals surface area (Å²) in [6.07, 6.45) is 0. The third-order valence-corrected chi connectivity index (χ3v) is 3.10. The van der Waals surface area contributed by atoms with Gasteiger partial charge in [-0.25, -0.2) is 0 Å². The Hall–Kier alpha value is -1.33. The molecule has 0 N–H and O–H groups in total. The van der Waals surface area contributed by atoms with Gasteiger partial charge in [-0.05, 0) is 11.5 Å². The van der Waals surface area contributed by atoms with Crippen LogP contribution in [0, 0.1) is 23.2 Å². The molecule has 0 saturated carbocycles. The molecule has 1 saturated heterocycles. The molecule has 15 heavy (non-hydrogen) atoms. The number of nitrogens with zero attached hydrogens (tertiary/aromatic N) is 2. The van der Waals surface area contributed by atoms with Crippen LogP contribution in [0.25, 0.3) is 0 Å². The summed E-state index contributed by atoms with van der Waals surface area (Å²) in [5, 5.41) is 8.94. The van der Waals surface area contributed by atoms with Crippen molar-refractivity contribution in [2.24, 2.45) is 11.8 Å². The van der Waals surface area contributed by atoms with Gasteiger partial charge in [0.1, 0.15) is 0 Å². The summed E-state index contributed by atoms with van der Waals surface area (Å²) in [6.45, 7) is 5.11. The molecule has 0 amide bonds. The van der Waals surface area contributed by atoms with Crippen LogP contribution in [0.3, 0.4) is 0 Å². The maximum Gasteiger partial charge on any atom is 0.0672 e. The highest BCUT2D eigenvalue weighted by Crippen LogP contribution is 2.23. The molecule has 0 radical (unpaired) electrons. The molecule has 78 valence electrons. The number of benzene rings is 1. The molecule has 2 rings (SSSR count). The fraction of sp³-hybridized carbons (Fsp3) is 0.462. The van der Waals surface area contributed by atoms with E-state index >= 15 is 0 Å². The molecule has 1 aliphatic rings. The van der Waals surface area contributed by atoms with E-state index in [0.29, 0.717) is 5.92 Å². The summed E-state index contributed by atoms with van der Waals surface area (Å²) in [7, 11) is 0. The molecule has 0 aliphatic carbocycles. The minimum absolute atomic E-state index is 0.216. The number of rotatable bonds is 2. The van der Waals surface area contributed by atoms with Crippen molar-refractivity contribution in [3.63, 3.8) is 0 Å². The van der Waals surface area contributed by atoms with Crippen molar-refractivity contribution >= 4 is 0 Å². The van der Waals surface area contributed by atoms with Gasteiger partial charge in [0.05, 0.1) is 12.0 Å². The Morgan fingerprint density at radius 1 is 1.33 bits per heavy atom. The molecular formula is C13H16N2. The van der Waals surface area contributed by atoms with Gasteiger partial charge in [-0.1, -0.05) is 37.3 Å². The van der Waals surface area contributed by atoms with Gasteiger partial charge < -0.3 is 0 Å². The molecule has 1 aliphatic heterocycles. The summed E-state index contributed by atoms with van der Waals surface area (Å²) in [4.78, 5) is 2.37. The summed E-state index contributed by atoms with van der Waals surface area (Å²) in [5.74, 6) is 0.729. The van der Waals surface area contributed by atoms with Crippen molar-refractivity contribution in [1.29, 1.82) is 5.26 Å². The Morgan fingerprint density at radius 2 is 2.07 bits per heavy atom. The Morgan fingerprint density at radius 3 is 2.67 bits per heavy atom. The summed E-state index contributed by atoms with van der Waals surface area (Å²) in [6, 6.07) is 12.8. The average molecular weight is 200 g/mol. The lowest BCUT2D eigenvalue weighted by atomic mass is 10.0. The van der Waals surface area contributed by atoms with E-state index in [1.54, 1.807) is 0 Å². The van der Waals surface area contributed by atoms with Crippen LogP contribution in [0.15, 0.2) is 30.3 Å². The molecule has 1 heterocycles. The Kier molecular flexibility index (Phi) is 3.03. The number of likely N-dealkylation sites (tertiary alicyclic amines) is 1. The minimum atomic E-state index is 0.216. The Bertz CT molecular complexity index is 353. The van der Waals surface area contributed by atoms with Crippen molar-refractivity contribution in [2.45, 2.75) is 13.5 Å². The topological polar surface area (TPSA) is 27.0 Å². The predicted octanol–water partition coefficient (Wildman–Crippen LogP) is 2.28. The average Bonchev–Trinajstić information content (AvgIpc) is 2.60. The first-order valence-electron chi connectivity index (χ1n) is 5.45. The predicted molar refractivity (Wildman–Crippen MR) is 60.0 cm³/mol. The molecule has 2 nitrogen and oxygen atoms in total. The smallest absolute Gasteiger partial charge is 0.0672 e. The molecule has 2 heteroatoms. The molecular weight excluding hydrogens is 184 g/mol. The van der Waals surface area contributed by atoms with Gasteiger partial charge in [-0.3, -0.25) is 4.90 Å². The fourth-order valence-electron chi connectivity index (χ4n) is 2.21. The summed E-state index contributed by atoms with van der Waals surface area (Å²) < 4.78 is 0. The second-order valence-electron chi connectivity index (χ2n) is 4.39. The van der Waals surface area contributed by atoms with E-state index in [0.717, 1.165) is 19.6 Å². The molecule has 1 aromatic rings. The SMILES string of the molecule is C[C@@H]1CN(Cc2ccccc2)C[C@@H]1C#N. The first-order valence-corrected chi connectivity index (χ1v) is 5.45. The molecule has 1 aromatic carbocycles. The minimum Gasteiger partial charge on any atom is -0.297 e. The number of hydrogen-bond acceptors (Lipinski definition) is 2. The van der Waals surface area contributed by atoms with Crippen molar-refractivity contribution in [3.05, 3.63) is 35.9 Å². The van der Waals surface area contributed by atoms with Gasteiger partial charge in [-0.15, -0.1) is 0 Å². The van der Waals surface area contributed by atoms with Crippen molar-refractivity contribution in [3.8, 4) is 6.07 Å². The summed E-state index contributed by atoms with van der Waals surface area (Å²) >= 11 is 0. The number of nitriles is 1. The lowest BCUT2D eigenvalue weighted by Gasteiger charge is -2.14. The molecule has 0 unspecified atom stereocenters. The van der Waals surface area contributed by atoms with Crippen LogP contribution < -0.4 is 0 Å². The lowest BCUT2D eigenvalue weighted by Crippen LogP contribution is -2.20. The van der Waals surface area contributed by atoms with Crippen molar-refractivity contribution < 1.29 is 0 Å². The monoisotopic (exact) mass is 200 g/mol. The van der Waals surface area contributed by atoms with E-state index in [-0.39, 0.29) is 5.92 Å². The zero-order chi connectivity index (χ0) is 10.7. The standard InChI is InChI=1S/C13H16N2/c1-11-8-15(10-13(11)7-14)9-12-5-3-2-4-6-12/h2-6,11,13H,8-10H2,1H3/t11-,13+/m1/s1. The molecule has 0 spiro atoms. The van der Waals surface area contributed by atoms with E-state index in [1.807, 2.05) is 6.07 Å². The van der Waals surface area contributed by atoms with Gasteiger partial charge in [0.25, 0.3) is 0 Å². The van der Waals surface area contributed by atoms with Crippen LogP contribution >= 0.6 is 0 Å². The normalized spacial score (nSPS) is 26.4. The molecule has 2 atom stereocenters. The molecule has 0 aromatic heterocycles. The van der Waals surface area contributed by atoms with Crippen LogP contribution in [-0.4, -0.2) is 18.0 Å². The fourth-order valence-corrected chi connectivity index (χ4v) is 2.21. The first kappa shape index (κ1) is 10.2. The highest BCUT2D eigenvalue weighted by atomic mass is 15.1. The largest absolute Gasteiger partial charge is 0.297 e. The highest BCUT2D eigenvalue weighted by molar-refractivity contribution is 5.15. The lowest BCUT2D eigenvalue weighted by molar-refractivity contribution is 0.318. The van der Waals surface area contributed by atoms with Crippen molar-refractivity contribution in [2.75, 3.05) is 13.1 Å². The van der Waals surface area contributed by atoms with Gasteiger partial charge in [0, 0.05) is 19.6 Å². The third kappa shape index (κ3) is 2.37. The molecule has 1 fully saturated rings. The Labute approximate surface area is 91.1 Å². The van der Waals surface area contributed by atoms with E-state index < -0.39 is 0 Å². The van der Waals surface area contributed by atoms with Gasteiger partial charge >= 0.3 is 0 Å². The van der Waals surface area contributed by atoms with Crippen LogP contribution in [-0.2, 0) is 6.54 Å². The maximum absolute atomic E-state index is 8.94. The highest BCUT2D eigenvalue weighted by Gasteiger charge is 2.28. The van der Waals surface area contributed by atoms with Crippen LogP contribution in [0.2, 0.25) is 0 Å². The summed E-state index contributed by atoms with van der Waals surface area (Å²) in [5.41, 5.74) is 1.34. The maximum atomic E-state index is 8.94. The van der Waals surface area contributed by atoms with Gasteiger partial charge in [-0.2, -0.15) is 5.26 Å². The first-order chi connectivity index (χ1) is 7.29. The van der Waals surface area contributed by atoms with Gasteiger partial charge in [0.2, 0.25) is 0 Å². The van der Waals surface area contributed by atoms with E-state index in [1.165, 1.54) is 5.56 Å². The second kappa shape index (κ2) is 4.46. The van der Waals surface area contributed by atoms with Crippen molar-refractivity contribution in [1.82, 2.24) is 4.90 Å². The van der Waals surface area contributed by atoms with E-state index in [2.05, 4.69) is 42.2 Å². The zero-order valence-electron chi connectivity index (χ0n) is 9.06. The van der Waals surface area contributed by atoms with Crippen LogP contribution in [0.5, 0.6) is 0 Å². The quantitative estimate of drug-likeness (QED) is 0.732. The Balaban J connectivity index is 1.96.